The molecule has 4 heterocycles. The topological polar surface area (TPSA) is 104 Å². The maximum atomic E-state index is 12.9. The number of carbonyl (C=O) groups is 1. The molecule has 1 atom stereocenters. The number of fused-ring (bicyclic) bond motifs is 1. The van der Waals surface area contributed by atoms with Crippen molar-refractivity contribution in [3.63, 3.8) is 0 Å². The van der Waals surface area contributed by atoms with E-state index in [-0.39, 0.29) is 43.4 Å². The highest BCUT2D eigenvalue weighted by Crippen LogP contribution is 2.25. The minimum Gasteiger partial charge on any atom is -0.335 e. The van der Waals surface area contributed by atoms with E-state index in [0.717, 1.165) is 6.92 Å². The van der Waals surface area contributed by atoms with Gasteiger partial charge < -0.3 is 4.90 Å². The molecule has 1 fully saturated rings. The van der Waals surface area contributed by atoms with Crippen LogP contribution in [0.25, 0.3) is 11.5 Å². The summed E-state index contributed by atoms with van der Waals surface area (Å²) >= 11 is 0. The highest BCUT2D eigenvalue weighted by atomic mass is 19.4. The number of aromatic amines is 1. The number of hydrogen-bond acceptors (Lipinski definition) is 6. The predicted molar refractivity (Wildman–Crippen MR) is 98.5 cm³/mol. The zero-order valence-corrected chi connectivity index (χ0v) is 16.2. The monoisotopic (exact) mass is 424 g/mol. The quantitative estimate of drug-likeness (QED) is 0.661. The molecule has 0 spiro atoms. The smallest absolute Gasteiger partial charge is 0.335 e. The Bertz CT molecular complexity index is 1140. The number of aromatic nitrogens is 6. The lowest BCUT2D eigenvalue weighted by atomic mass is 10.2. The second-order valence-corrected chi connectivity index (χ2v) is 7.10. The second kappa shape index (κ2) is 7.23. The molecule has 1 amide bonds. The molecule has 13 heteroatoms. The number of nitrogens with zero attached hydrogens (tertiary/aromatic N) is 7. The molecule has 0 aliphatic carbocycles. The van der Waals surface area contributed by atoms with E-state index in [9.17, 15) is 22.8 Å². The number of piperazine rings is 1. The van der Waals surface area contributed by atoms with Crippen LogP contribution in [-0.4, -0.2) is 83.7 Å². The van der Waals surface area contributed by atoms with Gasteiger partial charge in [0.2, 0.25) is 0 Å². The van der Waals surface area contributed by atoms with Crippen LogP contribution in [0, 0.1) is 6.92 Å². The van der Waals surface area contributed by atoms with Crippen LogP contribution in [0.15, 0.2) is 23.1 Å². The van der Waals surface area contributed by atoms with Crippen LogP contribution in [0.2, 0.25) is 0 Å². The van der Waals surface area contributed by atoms with Crippen LogP contribution < -0.4 is 5.56 Å². The normalized spacial score (nSPS) is 16.9. The summed E-state index contributed by atoms with van der Waals surface area (Å²) in [4.78, 5) is 30.3. The molecule has 1 aliphatic rings. The summed E-state index contributed by atoms with van der Waals surface area (Å²) in [5, 5.41) is 12.1. The first-order valence-electron chi connectivity index (χ1n) is 9.27. The van der Waals surface area contributed by atoms with E-state index in [1.165, 1.54) is 19.0 Å². The molecular weight excluding hydrogens is 405 g/mol. The maximum absolute atomic E-state index is 12.9. The summed E-state index contributed by atoms with van der Waals surface area (Å²) in [7, 11) is 0. The van der Waals surface area contributed by atoms with Gasteiger partial charge in [0.25, 0.3) is 17.4 Å². The number of hydrogen-bond donors (Lipinski definition) is 1. The second-order valence-electron chi connectivity index (χ2n) is 7.10. The Balaban J connectivity index is 1.52. The van der Waals surface area contributed by atoms with Gasteiger partial charge in [0.1, 0.15) is 11.6 Å². The standard InChI is InChI=1S/C17H19F3N8O2/c1-10-13(15(30)26-8-6-25(7-9-26)11(2)17(18,19)20)22-24-28(10)16-21-14(29)12-4-3-5-27(12)23-16/h3-5,11H,6-9H2,1-2H3,(H,21,23,29). The number of H-pyrrole nitrogens is 1. The Kier molecular flexibility index (Phi) is 4.84. The van der Waals surface area contributed by atoms with E-state index < -0.39 is 18.1 Å². The molecule has 0 radical (unpaired) electrons. The van der Waals surface area contributed by atoms with Crippen molar-refractivity contribution in [1.29, 1.82) is 0 Å². The molecule has 0 saturated carbocycles. The third-order valence-corrected chi connectivity index (χ3v) is 5.31. The van der Waals surface area contributed by atoms with E-state index in [1.54, 1.807) is 25.3 Å². The van der Waals surface area contributed by atoms with Crippen molar-refractivity contribution in [2.75, 3.05) is 26.2 Å². The minimum atomic E-state index is -4.31. The zero-order chi connectivity index (χ0) is 21.6. The van der Waals surface area contributed by atoms with Crippen LogP contribution in [0.5, 0.6) is 0 Å². The first-order chi connectivity index (χ1) is 14.2. The summed E-state index contributed by atoms with van der Waals surface area (Å²) in [6.07, 6.45) is -2.70. The van der Waals surface area contributed by atoms with Crippen molar-refractivity contribution in [1.82, 2.24) is 39.4 Å². The zero-order valence-electron chi connectivity index (χ0n) is 16.2. The van der Waals surface area contributed by atoms with E-state index in [0.29, 0.717) is 11.2 Å². The Morgan fingerprint density at radius 3 is 2.60 bits per heavy atom. The van der Waals surface area contributed by atoms with Crippen LogP contribution in [0.1, 0.15) is 23.1 Å². The van der Waals surface area contributed by atoms with Crippen LogP contribution in [0.3, 0.4) is 0 Å². The maximum Gasteiger partial charge on any atom is 0.403 e. The summed E-state index contributed by atoms with van der Waals surface area (Å²) in [5.74, 6) is -0.334. The van der Waals surface area contributed by atoms with E-state index in [1.807, 2.05) is 0 Å². The molecule has 1 saturated heterocycles. The number of carbonyl (C=O) groups excluding carboxylic acids is 1. The first kappa shape index (κ1) is 20.1. The van der Waals surface area contributed by atoms with Gasteiger partial charge in [-0.2, -0.15) is 17.9 Å². The van der Waals surface area contributed by atoms with Gasteiger partial charge in [-0.15, -0.1) is 10.2 Å². The molecule has 10 nitrogen and oxygen atoms in total. The Labute approximate surface area is 167 Å². The lowest BCUT2D eigenvalue weighted by Crippen LogP contribution is -2.54. The van der Waals surface area contributed by atoms with E-state index >= 15 is 0 Å². The van der Waals surface area contributed by atoms with E-state index in [4.69, 9.17) is 0 Å². The molecule has 3 aromatic rings. The molecule has 0 aromatic carbocycles. The molecule has 1 unspecified atom stereocenters. The highest BCUT2D eigenvalue weighted by molar-refractivity contribution is 5.93. The van der Waals surface area contributed by atoms with Gasteiger partial charge in [0.05, 0.1) is 5.69 Å². The number of alkyl halides is 3. The van der Waals surface area contributed by atoms with Crippen LogP contribution >= 0.6 is 0 Å². The Morgan fingerprint density at radius 2 is 1.93 bits per heavy atom. The number of rotatable bonds is 3. The Morgan fingerprint density at radius 1 is 1.23 bits per heavy atom. The molecule has 160 valence electrons. The summed E-state index contributed by atoms with van der Waals surface area (Å²) in [6.45, 7) is 3.24. The first-order valence-corrected chi connectivity index (χ1v) is 9.27. The van der Waals surface area contributed by atoms with Crippen molar-refractivity contribution < 1.29 is 18.0 Å². The van der Waals surface area contributed by atoms with Crippen molar-refractivity contribution in [2.24, 2.45) is 0 Å². The average Bonchev–Trinajstić information content (AvgIpc) is 3.33. The van der Waals surface area contributed by atoms with Crippen LogP contribution in [0.4, 0.5) is 13.2 Å². The number of amides is 1. The summed E-state index contributed by atoms with van der Waals surface area (Å²) < 4.78 is 41.3. The third kappa shape index (κ3) is 3.44. The lowest BCUT2D eigenvalue weighted by molar-refractivity contribution is -0.181. The van der Waals surface area contributed by atoms with Gasteiger partial charge in [-0.3, -0.25) is 19.5 Å². The molecule has 3 aromatic heterocycles. The fourth-order valence-corrected chi connectivity index (χ4v) is 3.42. The highest BCUT2D eigenvalue weighted by Gasteiger charge is 2.41. The van der Waals surface area contributed by atoms with Gasteiger partial charge in [-0.1, -0.05) is 5.21 Å². The van der Waals surface area contributed by atoms with Gasteiger partial charge in [0, 0.05) is 32.4 Å². The number of halogens is 3. The van der Waals surface area contributed by atoms with Crippen molar-refractivity contribution >= 4 is 11.4 Å². The Hall–Kier alpha value is -3.22. The fraction of sp³-hybridized carbons (Fsp3) is 0.471. The molecule has 30 heavy (non-hydrogen) atoms. The van der Waals surface area contributed by atoms with Crippen molar-refractivity contribution in [3.05, 3.63) is 40.1 Å². The molecule has 1 N–H and O–H groups in total. The molecule has 0 bridgehead atoms. The van der Waals surface area contributed by atoms with Gasteiger partial charge >= 0.3 is 6.18 Å². The molecular formula is C17H19F3N8O2. The van der Waals surface area contributed by atoms with Gasteiger partial charge in [-0.25, -0.2) is 4.52 Å². The minimum absolute atomic E-state index is 0.0579. The van der Waals surface area contributed by atoms with E-state index in [2.05, 4.69) is 20.4 Å². The lowest BCUT2D eigenvalue weighted by Gasteiger charge is -2.38. The fourth-order valence-electron chi connectivity index (χ4n) is 3.42. The van der Waals surface area contributed by atoms with Crippen LogP contribution in [-0.2, 0) is 0 Å². The molecule has 1 aliphatic heterocycles. The number of nitrogens with one attached hydrogen (secondary N) is 1. The predicted octanol–water partition coefficient (Wildman–Crippen LogP) is 0.620. The van der Waals surface area contributed by atoms with Crippen molar-refractivity contribution in [3.8, 4) is 5.95 Å². The third-order valence-electron chi connectivity index (χ3n) is 5.31. The average molecular weight is 424 g/mol. The summed E-state index contributed by atoms with van der Waals surface area (Å²) in [5.41, 5.74) is 0.407. The van der Waals surface area contributed by atoms with Gasteiger partial charge in [-0.05, 0) is 26.0 Å². The molecule has 4 rings (SSSR count). The summed E-state index contributed by atoms with van der Waals surface area (Å²) in [6, 6.07) is 1.71. The van der Waals surface area contributed by atoms with Crippen molar-refractivity contribution in [2.45, 2.75) is 26.1 Å². The SMILES string of the molecule is Cc1c(C(=O)N2CCN(C(C)C(F)(F)F)CC2)nnn1-c1nn2cccc2c(=O)[nH]1. The largest absolute Gasteiger partial charge is 0.403 e. The van der Waals surface area contributed by atoms with Gasteiger partial charge in [0.15, 0.2) is 5.69 Å².